The molecular weight excluding hydrogens is 528 g/mol. The number of guanidine groups is 2. The largest absolute Gasteiger partial charge is 0.480 e. The van der Waals surface area contributed by atoms with Gasteiger partial charge in [-0.25, -0.2) is 4.79 Å². The second-order valence-electron chi connectivity index (χ2n) is 9.11. The van der Waals surface area contributed by atoms with Gasteiger partial charge in [-0.15, -0.1) is 0 Å². The molecule has 0 aromatic rings. The summed E-state index contributed by atoms with van der Waals surface area (Å²) in [5, 5.41) is 17.4. The summed E-state index contributed by atoms with van der Waals surface area (Å²) in [7, 11) is 0. The van der Waals surface area contributed by atoms with Crippen molar-refractivity contribution < 1.29 is 24.3 Å². The first-order chi connectivity index (χ1) is 18.3. The lowest BCUT2D eigenvalue weighted by molar-refractivity contribution is -0.142. The van der Waals surface area contributed by atoms with Crippen LogP contribution in [0.1, 0.15) is 52.4 Å². The van der Waals surface area contributed by atoms with E-state index in [9.17, 15) is 24.3 Å². The molecular formula is C23H46N10O5S. The second-order valence-corrected chi connectivity index (χ2v) is 10.1. The van der Waals surface area contributed by atoms with Crippen LogP contribution in [0.4, 0.5) is 0 Å². The van der Waals surface area contributed by atoms with Gasteiger partial charge in [0.1, 0.15) is 18.1 Å². The van der Waals surface area contributed by atoms with Crippen molar-refractivity contribution in [3.63, 3.8) is 0 Å². The van der Waals surface area contributed by atoms with E-state index in [1.54, 1.807) is 0 Å². The van der Waals surface area contributed by atoms with Crippen molar-refractivity contribution in [3.05, 3.63) is 0 Å². The first-order valence-electron chi connectivity index (χ1n) is 12.8. The van der Waals surface area contributed by atoms with E-state index in [1.807, 2.05) is 20.1 Å². The van der Waals surface area contributed by atoms with Crippen LogP contribution < -0.4 is 44.6 Å². The zero-order valence-electron chi connectivity index (χ0n) is 23.0. The normalized spacial score (nSPS) is 14.6. The molecule has 0 spiro atoms. The van der Waals surface area contributed by atoms with Gasteiger partial charge in [-0.3, -0.25) is 24.4 Å². The average molecular weight is 575 g/mol. The Balaban J connectivity index is 5.59. The summed E-state index contributed by atoms with van der Waals surface area (Å²) in [6, 6.07) is -4.08. The molecule has 3 amide bonds. The van der Waals surface area contributed by atoms with E-state index in [0.717, 1.165) is 0 Å². The number of nitrogens with two attached hydrogens (primary N) is 5. The van der Waals surface area contributed by atoms with E-state index in [0.29, 0.717) is 25.0 Å². The van der Waals surface area contributed by atoms with E-state index < -0.39 is 47.9 Å². The number of carbonyl (C=O) groups is 4. The molecule has 0 rings (SSSR count). The molecule has 0 saturated carbocycles. The Labute approximate surface area is 233 Å². The van der Waals surface area contributed by atoms with E-state index in [-0.39, 0.29) is 50.2 Å². The molecule has 0 heterocycles. The van der Waals surface area contributed by atoms with Gasteiger partial charge in [0, 0.05) is 13.1 Å². The minimum absolute atomic E-state index is 0.0814. The summed E-state index contributed by atoms with van der Waals surface area (Å²) >= 11 is 1.46. The quantitative estimate of drug-likeness (QED) is 0.0425. The van der Waals surface area contributed by atoms with Gasteiger partial charge in [-0.05, 0) is 50.0 Å². The molecule has 0 bridgehead atoms. The summed E-state index contributed by atoms with van der Waals surface area (Å²) in [6.07, 6.45) is 3.69. The maximum absolute atomic E-state index is 13.2. The summed E-state index contributed by atoms with van der Waals surface area (Å²) in [5.74, 6) is -2.81. The van der Waals surface area contributed by atoms with Crippen molar-refractivity contribution >= 4 is 47.4 Å². The minimum atomic E-state index is -1.23. The zero-order chi connectivity index (χ0) is 30.0. The molecule has 0 aliphatic rings. The lowest BCUT2D eigenvalue weighted by Gasteiger charge is -2.26. The summed E-state index contributed by atoms with van der Waals surface area (Å²) in [6.45, 7) is 4.17. The second kappa shape index (κ2) is 19.7. The highest BCUT2D eigenvalue weighted by Crippen LogP contribution is 2.09. The molecule has 15 nitrogen and oxygen atoms in total. The first-order valence-corrected chi connectivity index (χ1v) is 14.2. The zero-order valence-corrected chi connectivity index (χ0v) is 23.8. The van der Waals surface area contributed by atoms with Crippen LogP contribution in [-0.2, 0) is 19.2 Å². The first kappa shape index (κ1) is 35.7. The van der Waals surface area contributed by atoms with Crippen LogP contribution in [0.5, 0.6) is 0 Å². The molecule has 39 heavy (non-hydrogen) atoms. The fourth-order valence-corrected chi connectivity index (χ4v) is 3.83. The molecule has 0 aromatic heterocycles. The minimum Gasteiger partial charge on any atom is -0.480 e. The maximum atomic E-state index is 13.2. The van der Waals surface area contributed by atoms with E-state index in [2.05, 4.69) is 25.9 Å². The smallest absolute Gasteiger partial charge is 0.326 e. The van der Waals surface area contributed by atoms with E-state index >= 15 is 0 Å². The number of aliphatic imine (C=N–C) groups is 2. The van der Waals surface area contributed by atoms with Gasteiger partial charge >= 0.3 is 5.97 Å². The molecule has 0 aliphatic heterocycles. The Hall–Kier alpha value is -3.27. The number of thioether (sulfide) groups is 1. The van der Waals surface area contributed by atoms with E-state index in [1.165, 1.54) is 11.8 Å². The SMILES string of the molecule is CCC(C)C(N)C(=O)NC(CCCN=C(N)N)C(=O)NC(CCSC)C(=O)NC(CCCN=C(N)N)C(=O)O. The van der Waals surface area contributed by atoms with Crippen molar-refractivity contribution in [2.75, 3.05) is 25.1 Å². The van der Waals surface area contributed by atoms with Crippen LogP contribution in [-0.4, -0.2) is 90.0 Å². The molecule has 0 aliphatic carbocycles. The molecule has 16 heteroatoms. The van der Waals surface area contributed by atoms with Gasteiger partial charge in [0.05, 0.1) is 6.04 Å². The molecule has 5 unspecified atom stereocenters. The third kappa shape index (κ3) is 15.7. The van der Waals surface area contributed by atoms with Gasteiger partial charge in [0.15, 0.2) is 11.9 Å². The topological polar surface area (TPSA) is 279 Å². The highest BCUT2D eigenvalue weighted by atomic mass is 32.2. The van der Waals surface area contributed by atoms with Crippen molar-refractivity contribution in [1.29, 1.82) is 0 Å². The lowest BCUT2D eigenvalue weighted by Crippen LogP contribution is -2.57. The van der Waals surface area contributed by atoms with Crippen molar-refractivity contribution in [1.82, 2.24) is 16.0 Å². The Bertz CT molecular complexity index is 849. The highest BCUT2D eigenvalue weighted by molar-refractivity contribution is 7.98. The summed E-state index contributed by atoms with van der Waals surface area (Å²) in [4.78, 5) is 58.4. The van der Waals surface area contributed by atoms with Gasteiger partial charge in [0.2, 0.25) is 17.7 Å². The fourth-order valence-electron chi connectivity index (χ4n) is 3.36. The monoisotopic (exact) mass is 574 g/mol. The molecule has 0 radical (unpaired) electrons. The number of carbonyl (C=O) groups excluding carboxylic acids is 3. The Morgan fingerprint density at radius 2 is 1.23 bits per heavy atom. The van der Waals surface area contributed by atoms with Crippen molar-refractivity contribution in [2.45, 2.75) is 76.5 Å². The van der Waals surface area contributed by atoms with Crippen molar-refractivity contribution in [3.8, 4) is 0 Å². The lowest BCUT2D eigenvalue weighted by atomic mass is 9.98. The Morgan fingerprint density at radius 3 is 1.67 bits per heavy atom. The predicted octanol–water partition coefficient (Wildman–Crippen LogP) is -2.24. The number of aliphatic carboxylic acids is 1. The van der Waals surface area contributed by atoms with Gasteiger partial charge in [0.25, 0.3) is 0 Å². The number of carboxylic acids is 1. The maximum Gasteiger partial charge on any atom is 0.326 e. The number of nitrogens with zero attached hydrogens (tertiary/aromatic N) is 2. The third-order valence-corrected chi connectivity index (χ3v) is 6.59. The standard InChI is InChI=1S/C23H46N10O5S/c1-4-13(2)17(24)20(36)32-14(7-5-10-29-22(25)26)18(34)31-15(9-12-39-3)19(35)33-16(21(37)38)8-6-11-30-23(27)28/h13-17H,4-12,24H2,1-3H3,(H,31,34)(H,32,36)(H,33,35)(H,37,38)(H4,25,26,29)(H4,27,28,30). The molecule has 0 aromatic carbocycles. The Kier molecular flexibility index (Phi) is 18.1. The molecule has 5 atom stereocenters. The molecule has 14 N–H and O–H groups in total. The van der Waals surface area contributed by atoms with Crippen LogP contribution in [0.2, 0.25) is 0 Å². The predicted molar refractivity (Wildman–Crippen MR) is 154 cm³/mol. The summed E-state index contributed by atoms with van der Waals surface area (Å²) in [5.41, 5.74) is 27.3. The van der Waals surface area contributed by atoms with E-state index in [4.69, 9.17) is 28.7 Å². The van der Waals surface area contributed by atoms with Crippen molar-refractivity contribution in [2.24, 2.45) is 44.6 Å². The molecule has 0 saturated heterocycles. The van der Waals surface area contributed by atoms with Crippen LogP contribution in [0.25, 0.3) is 0 Å². The van der Waals surface area contributed by atoms with Gasteiger partial charge < -0.3 is 49.7 Å². The number of carboxylic acid groups (broad SMARTS) is 1. The van der Waals surface area contributed by atoms with Crippen LogP contribution >= 0.6 is 11.8 Å². The molecule has 224 valence electrons. The van der Waals surface area contributed by atoms with Gasteiger partial charge in [-0.2, -0.15) is 11.8 Å². The average Bonchev–Trinajstić information content (AvgIpc) is 2.87. The summed E-state index contributed by atoms with van der Waals surface area (Å²) < 4.78 is 0. The number of hydrogen-bond acceptors (Lipinski definition) is 8. The van der Waals surface area contributed by atoms with Crippen LogP contribution in [0.15, 0.2) is 9.98 Å². The number of amides is 3. The van der Waals surface area contributed by atoms with Gasteiger partial charge in [-0.1, -0.05) is 20.3 Å². The fraction of sp³-hybridized carbons (Fsp3) is 0.739. The number of hydrogen-bond donors (Lipinski definition) is 9. The number of rotatable bonds is 20. The Morgan fingerprint density at radius 1 is 0.795 bits per heavy atom. The highest BCUT2D eigenvalue weighted by Gasteiger charge is 2.30. The van der Waals surface area contributed by atoms with Crippen LogP contribution in [0, 0.1) is 5.92 Å². The van der Waals surface area contributed by atoms with Crippen LogP contribution in [0.3, 0.4) is 0 Å². The third-order valence-electron chi connectivity index (χ3n) is 5.94. The number of nitrogens with one attached hydrogen (secondary N) is 3. The molecule has 0 fully saturated rings.